The molecule has 0 spiro atoms. The molecule has 3 rings (SSSR count). The van der Waals surface area contributed by atoms with Gasteiger partial charge in [0.2, 0.25) is 5.91 Å². The number of imide groups is 1. The first-order valence-corrected chi connectivity index (χ1v) is 6.84. The maximum absolute atomic E-state index is 12.5. The summed E-state index contributed by atoms with van der Waals surface area (Å²) in [6.45, 7) is 0. The number of nitrogens with two attached hydrogens (primary N) is 1. The fourth-order valence-electron chi connectivity index (χ4n) is 3.17. The van der Waals surface area contributed by atoms with Crippen LogP contribution in [0.3, 0.4) is 0 Å². The van der Waals surface area contributed by atoms with Crippen LogP contribution in [-0.2, 0) is 4.79 Å². The minimum Gasteiger partial charge on any atom is -0.368 e. The summed E-state index contributed by atoms with van der Waals surface area (Å²) in [6, 6.07) is 4.72. The molecule has 0 radical (unpaired) electrons. The summed E-state index contributed by atoms with van der Waals surface area (Å²) >= 11 is 6.01. The molecule has 5 nitrogen and oxygen atoms in total. The highest BCUT2D eigenvalue weighted by Crippen LogP contribution is 2.41. The average molecular weight is 293 g/mol. The minimum absolute atomic E-state index is 0.173. The molecular weight excluding hydrogens is 280 g/mol. The molecule has 1 aromatic rings. The van der Waals surface area contributed by atoms with Crippen LogP contribution in [0.2, 0.25) is 5.02 Å². The molecule has 1 heterocycles. The topological polar surface area (TPSA) is 80.5 Å². The summed E-state index contributed by atoms with van der Waals surface area (Å²) in [5.74, 6) is -1.62. The standard InChI is InChI=1S/C14H13ClN2O3/c15-9-5-3-4-8-10(9)12(19)17(11(8)18)14(13(16)20)6-1-2-7-14/h3-5H,1-2,6-7H2,(H2,16,20). The van der Waals surface area contributed by atoms with Crippen LogP contribution in [0, 0.1) is 0 Å². The Balaban J connectivity index is 2.14. The number of carbonyl (C=O) groups is 3. The Morgan fingerprint density at radius 3 is 2.40 bits per heavy atom. The van der Waals surface area contributed by atoms with Gasteiger partial charge in [-0.15, -0.1) is 0 Å². The molecule has 0 aromatic heterocycles. The quantitative estimate of drug-likeness (QED) is 0.843. The van der Waals surface area contributed by atoms with Gasteiger partial charge < -0.3 is 5.73 Å². The smallest absolute Gasteiger partial charge is 0.264 e. The van der Waals surface area contributed by atoms with Crippen LogP contribution in [0.4, 0.5) is 0 Å². The lowest BCUT2D eigenvalue weighted by Gasteiger charge is -2.33. The fourth-order valence-corrected chi connectivity index (χ4v) is 3.43. The van der Waals surface area contributed by atoms with Crippen LogP contribution in [0.1, 0.15) is 46.4 Å². The lowest BCUT2D eigenvalue weighted by atomic mass is 9.94. The third-order valence-corrected chi connectivity index (χ3v) is 4.50. The van der Waals surface area contributed by atoms with Crippen molar-refractivity contribution in [1.29, 1.82) is 0 Å². The molecule has 20 heavy (non-hydrogen) atoms. The van der Waals surface area contributed by atoms with Gasteiger partial charge in [-0.25, -0.2) is 0 Å². The Hall–Kier alpha value is -1.88. The Morgan fingerprint density at radius 1 is 1.20 bits per heavy atom. The largest absolute Gasteiger partial charge is 0.368 e. The summed E-state index contributed by atoms with van der Waals surface area (Å²) in [5, 5.41) is 0.223. The third kappa shape index (κ3) is 1.53. The summed E-state index contributed by atoms with van der Waals surface area (Å²) in [7, 11) is 0. The summed E-state index contributed by atoms with van der Waals surface area (Å²) in [5.41, 5.74) is 4.71. The summed E-state index contributed by atoms with van der Waals surface area (Å²) in [6.07, 6.45) is 2.38. The zero-order chi connectivity index (χ0) is 14.5. The van der Waals surface area contributed by atoms with Crippen molar-refractivity contribution in [1.82, 2.24) is 4.90 Å². The first-order chi connectivity index (χ1) is 9.49. The number of rotatable bonds is 2. The van der Waals surface area contributed by atoms with Crippen LogP contribution in [0.25, 0.3) is 0 Å². The van der Waals surface area contributed by atoms with Crippen molar-refractivity contribution in [3.05, 3.63) is 34.3 Å². The normalized spacial score (nSPS) is 20.4. The molecule has 1 aliphatic carbocycles. The van der Waals surface area contributed by atoms with Gasteiger partial charge in [0.15, 0.2) is 0 Å². The highest BCUT2D eigenvalue weighted by molar-refractivity contribution is 6.37. The van der Waals surface area contributed by atoms with E-state index in [1.54, 1.807) is 18.2 Å². The molecule has 0 unspecified atom stereocenters. The van der Waals surface area contributed by atoms with E-state index in [1.165, 1.54) is 0 Å². The number of hydrogen-bond donors (Lipinski definition) is 1. The van der Waals surface area contributed by atoms with E-state index in [0.717, 1.165) is 17.7 Å². The SMILES string of the molecule is NC(=O)C1(N2C(=O)c3cccc(Cl)c3C2=O)CCCC1. The first kappa shape index (κ1) is 13.1. The van der Waals surface area contributed by atoms with Gasteiger partial charge in [-0.05, 0) is 25.0 Å². The van der Waals surface area contributed by atoms with Crippen molar-refractivity contribution in [2.24, 2.45) is 5.73 Å². The van der Waals surface area contributed by atoms with Crippen molar-refractivity contribution in [3.8, 4) is 0 Å². The number of fused-ring (bicyclic) bond motifs is 1. The lowest BCUT2D eigenvalue weighted by molar-refractivity contribution is -0.127. The average Bonchev–Trinajstić information content (AvgIpc) is 2.96. The molecule has 104 valence electrons. The Kier molecular flexibility index (Phi) is 2.83. The molecule has 0 saturated heterocycles. The number of carbonyl (C=O) groups excluding carboxylic acids is 3. The number of benzene rings is 1. The number of hydrogen-bond acceptors (Lipinski definition) is 3. The molecular formula is C14H13ClN2O3. The molecule has 0 atom stereocenters. The van der Waals surface area contributed by atoms with E-state index in [0.29, 0.717) is 12.8 Å². The Morgan fingerprint density at radius 2 is 1.85 bits per heavy atom. The monoisotopic (exact) mass is 292 g/mol. The molecule has 1 aromatic carbocycles. The number of amides is 3. The van der Waals surface area contributed by atoms with Gasteiger partial charge in [-0.3, -0.25) is 19.3 Å². The zero-order valence-electron chi connectivity index (χ0n) is 10.7. The molecule has 1 aliphatic heterocycles. The van der Waals surface area contributed by atoms with Gasteiger partial charge >= 0.3 is 0 Å². The van der Waals surface area contributed by atoms with Gasteiger partial charge in [0, 0.05) is 0 Å². The fraction of sp³-hybridized carbons (Fsp3) is 0.357. The second kappa shape index (κ2) is 4.31. The second-order valence-corrected chi connectivity index (χ2v) is 5.62. The van der Waals surface area contributed by atoms with Gasteiger partial charge in [-0.2, -0.15) is 0 Å². The van der Waals surface area contributed by atoms with Crippen molar-refractivity contribution < 1.29 is 14.4 Å². The van der Waals surface area contributed by atoms with Crippen molar-refractivity contribution in [3.63, 3.8) is 0 Å². The molecule has 0 bridgehead atoms. The maximum Gasteiger partial charge on any atom is 0.264 e. The van der Waals surface area contributed by atoms with Gasteiger partial charge in [0.05, 0.1) is 16.1 Å². The lowest BCUT2D eigenvalue weighted by Crippen LogP contribution is -2.58. The highest BCUT2D eigenvalue weighted by Gasteiger charge is 2.54. The van der Waals surface area contributed by atoms with E-state index in [4.69, 9.17) is 17.3 Å². The van der Waals surface area contributed by atoms with E-state index < -0.39 is 23.3 Å². The molecule has 1 saturated carbocycles. The highest BCUT2D eigenvalue weighted by atomic mass is 35.5. The summed E-state index contributed by atoms with van der Waals surface area (Å²) in [4.78, 5) is 37.9. The van der Waals surface area contributed by atoms with Crippen LogP contribution < -0.4 is 5.73 Å². The van der Waals surface area contributed by atoms with E-state index in [9.17, 15) is 14.4 Å². The molecule has 6 heteroatoms. The van der Waals surface area contributed by atoms with Crippen LogP contribution in [0.15, 0.2) is 18.2 Å². The van der Waals surface area contributed by atoms with Crippen LogP contribution in [0.5, 0.6) is 0 Å². The minimum atomic E-state index is -1.20. The predicted molar refractivity (Wildman–Crippen MR) is 72.3 cm³/mol. The van der Waals surface area contributed by atoms with Crippen molar-refractivity contribution >= 4 is 29.3 Å². The number of primary amides is 1. The molecule has 1 fully saturated rings. The first-order valence-electron chi connectivity index (χ1n) is 6.46. The van der Waals surface area contributed by atoms with Gasteiger partial charge in [-0.1, -0.05) is 30.5 Å². The van der Waals surface area contributed by atoms with Crippen LogP contribution >= 0.6 is 11.6 Å². The number of nitrogens with zero attached hydrogens (tertiary/aromatic N) is 1. The zero-order valence-corrected chi connectivity index (χ0v) is 11.4. The summed E-state index contributed by atoms with van der Waals surface area (Å²) < 4.78 is 0. The van der Waals surface area contributed by atoms with Gasteiger partial charge in [0.1, 0.15) is 5.54 Å². The van der Waals surface area contributed by atoms with Gasteiger partial charge in [0.25, 0.3) is 11.8 Å². The van der Waals surface area contributed by atoms with E-state index in [1.807, 2.05) is 0 Å². The van der Waals surface area contributed by atoms with E-state index >= 15 is 0 Å². The molecule has 2 aliphatic rings. The van der Waals surface area contributed by atoms with E-state index in [-0.39, 0.29) is 16.1 Å². The Labute approximate surface area is 120 Å². The molecule has 2 N–H and O–H groups in total. The molecule has 3 amide bonds. The Bertz CT molecular complexity index is 635. The van der Waals surface area contributed by atoms with E-state index in [2.05, 4.69) is 0 Å². The van der Waals surface area contributed by atoms with Crippen LogP contribution in [-0.4, -0.2) is 28.2 Å². The number of halogens is 1. The third-order valence-electron chi connectivity index (χ3n) is 4.18. The predicted octanol–water partition coefficient (Wildman–Crippen LogP) is 1.73. The van der Waals surface area contributed by atoms with Crippen molar-refractivity contribution in [2.45, 2.75) is 31.2 Å². The van der Waals surface area contributed by atoms with Crippen molar-refractivity contribution in [2.75, 3.05) is 0 Å². The maximum atomic E-state index is 12.5. The second-order valence-electron chi connectivity index (χ2n) is 5.21.